The van der Waals surface area contributed by atoms with Crippen molar-refractivity contribution in [1.29, 1.82) is 0 Å². The summed E-state index contributed by atoms with van der Waals surface area (Å²) >= 11 is 1.83. The largest absolute Gasteiger partial charge is 0.309 e. The highest BCUT2D eigenvalue weighted by Gasteiger charge is 2.13. The monoisotopic (exact) mass is 303 g/mol. The van der Waals surface area contributed by atoms with Crippen LogP contribution >= 0.6 is 11.8 Å². The van der Waals surface area contributed by atoms with Gasteiger partial charge in [-0.25, -0.2) is 4.39 Å². The average molecular weight is 303 g/mol. The van der Waals surface area contributed by atoms with Gasteiger partial charge in [0.05, 0.1) is 0 Å². The summed E-state index contributed by atoms with van der Waals surface area (Å²) in [5.41, 5.74) is 3.46. The molecule has 0 aliphatic heterocycles. The molecule has 2 aromatic rings. The molecule has 0 fully saturated rings. The molecule has 2 rings (SSSR count). The number of nitrogens with one attached hydrogen (secondary N) is 1. The number of halogens is 1. The van der Waals surface area contributed by atoms with Crippen LogP contribution in [0.25, 0.3) is 0 Å². The minimum absolute atomic E-state index is 0.169. The molecule has 0 radical (unpaired) electrons. The summed E-state index contributed by atoms with van der Waals surface area (Å²) in [5.74, 6) is 0.766. The summed E-state index contributed by atoms with van der Waals surface area (Å²) in [4.78, 5) is 1.28. The maximum Gasteiger partial charge on any atom is 0.123 e. The van der Waals surface area contributed by atoms with Crippen LogP contribution in [0.5, 0.6) is 0 Å². The summed E-state index contributed by atoms with van der Waals surface area (Å²) in [5, 5.41) is 3.50. The first-order valence-electron chi connectivity index (χ1n) is 7.29. The zero-order valence-corrected chi connectivity index (χ0v) is 13.6. The van der Waals surface area contributed by atoms with Crippen molar-refractivity contribution in [3.05, 3.63) is 65.0 Å². The van der Waals surface area contributed by atoms with E-state index < -0.39 is 0 Å². The molecule has 0 bridgehead atoms. The fraction of sp³-hybridized carbons (Fsp3) is 0.333. The smallest absolute Gasteiger partial charge is 0.123 e. The van der Waals surface area contributed by atoms with Crippen LogP contribution in [0.15, 0.2) is 47.4 Å². The quantitative estimate of drug-likeness (QED) is 0.763. The summed E-state index contributed by atoms with van der Waals surface area (Å²) in [6.45, 7) is 7.08. The zero-order valence-electron chi connectivity index (χ0n) is 12.8. The Balaban J connectivity index is 2.12. The van der Waals surface area contributed by atoms with Crippen molar-refractivity contribution >= 4 is 11.8 Å². The van der Waals surface area contributed by atoms with E-state index in [9.17, 15) is 4.39 Å². The lowest BCUT2D eigenvalue weighted by Gasteiger charge is -2.20. The highest BCUT2D eigenvalue weighted by molar-refractivity contribution is 7.99. The molecule has 1 N–H and O–H groups in total. The van der Waals surface area contributed by atoms with Crippen LogP contribution in [0.2, 0.25) is 0 Å². The van der Waals surface area contributed by atoms with E-state index in [1.54, 1.807) is 12.1 Å². The van der Waals surface area contributed by atoms with Gasteiger partial charge in [0.25, 0.3) is 0 Å². The standard InChI is InChI=1S/C18H22FNS/c1-4-20-18(17-9-8-15(19)11-14(17)3)12-21-16-7-5-6-13(2)10-16/h5-11,18,20H,4,12H2,1-3H3. The predicted octanol–water partition coefficient (Wildman–Crippen LogP) is 4.89. The first kappa shape index (κ1) is 16.1. The third kappa shape index (κ3) is 4.58. The molecule has 1 nitrogen and oxygen atoms in total. The Hall–Kier alpha value is -1.32. The van der Waals surface area contributed by atoms with Gasteiger partial charge in [-0.2, -0.15) is 0 Å². The minimum Gasteiger partial charge on any atom is -0.309 e. The molecule has 21 heavy (non-hydrogen) atoms. The number of hydrogen-bond donors (Lipinski definition) is 1. The Labute approximate surface area is 131 Å². The molecule has 112 valence electrons. The van der Waals surface area contributed by atoms with Crippen molar-refractivity contribution in [3.8, 4) is 0 Å². The molecule has 0 saturated carbocycles. The van der Waals surface area contributed by atoms with Gasteiger partial charge in [0.15, 0.2) is 0 Å². The van der Waals surface area contributed by atoms with E-state index in [4.69, 9.17) is 0 Å². The Morgan fingerprint density at radius 2 is 1.95 bits per heavy atom. The van der Waals surface area contributed by atoms with Gasteiger partial charge in [-0.15, -0.1) is 11.8 Å². The summed E-state index contributed by atoms with van der Waals surface area (Å²) < 4.78 is 13.3. The van der Waals surface area contributed by atoms with Gasteiger partial charge in [0, 0.05) is 16.7 Å². The third-order valence-corrected chi connectivity index (χ3v) is 4.55. The first-order valence-corrected chi connectivity index (χ1v) is 8.27. The SMILES string of the molecule is CCNC(CSc1cccc(C)c1)c1ccc(F)cc1C. The fourth-order valence-corrected chi connectivity index (χ4v) is 3.52. The van der Waals surface area contributed by atoms with Gasteiger partial charge in [-0.05, 0) is 55.8 Å². The maximum absolute atomic E-state index is 13.3. The van der Waals surface area contributed by atoms with E-state index in [1.807, 2.05) is 24.8 Å². The number of rotatable bonds is 6. The number of hydrogen-bond acceptors (Lipinski definition) is 2. The second-order valence-electron chi connectivity index (χ2n) is 5.24. The summed E-state index contributed by atoms with van der Waals surface area (Å²) in [7, 11) is 0. The van der Waals surface area contributed by atoms with Crippen LogP contribution in [0.4, 0.5) is 4.39 Å². The Bertz CT molecular complexity index is 598. The number of aryl methyl sites for hydroxylation is 2. The average Bonchev–Trinajstić information content (AvgIpc) is 2.44. The van der Waals surface area contributed by atoms with Crippen LogP contribution in [-0.4, -0.2) is 12.3 Å². The van der Waals surface area contributed by atoms with Gasteiger partial charge in [0.1, 0.15) is 5.82 Å². The summed E-state index contributed by atoms with van der Waals surface area (Å²) in [6, 6.07) is 13.8. The first-order chi connectivity index (χ1) is 10.1. The summed E-state index contributed by atoms with van der Waals surface area (Å²) in [6.07, 6.45) is 0. The third-order valence-electron chi connectivity index (χ3n) is 3.46. The van der Waals surface area contributed by atoms with Crippen LogP contribution in [0, 0.1) is 19.7 Å². The highest BCUT2D eigenvalue weighted by atomic mass is 32.2. The molecular formula is C18H22FNS. The molecule has 0 aromatic heterocycles. The van der Waals surface area contributed by atoms with Gasteiger partial charge in [-0.3, -0.25) is 0 Å². The lowest BCUT2D eigenvalue weighted by Crippen LogP contribution is -2.23. The van der Waals surface area contributed by atoms with E-state index in [0.717, 1.165) is 17.9 Å². The van der Waals surface area contributed by atoms with Crippen molar-refractivity contribution in [2.45, 2.75) is 31.7 Å². The van der Waals surface area contributed by atoms with Crippen molar-refractivity contribution in [3.63, 3.8) is 0 Å². The molecular weight excluding hydrogens is 281 g/mol. The Kier molecular flexibility index (Phi) is 5.83. The van der Waals surface area contributed by atoms with Crippen LogP contribution in [-0.2, 0) is 0 Å². The van der Waals surface area contributed by atoms with Gasteiger partial charge < -0.3 is 5.32 Å². The predicted molar refractivity (Wildman–Crippen MR) is 89.5 cm³/mol. The second-order valence-corrected chi connectivity index (χ2v) is 6.33. The van der Waals surface area contributed by atoms with Gasteiger partial charge >= 0.3 is 0 Å². The van der Waals surface area contributed by atoms with E-state index in [2.05, 4.69) is 43.4 Å². The number of benzene rings is 2. The normalized spacial score (nSPS) is 12.4. The molecule has 1 atom stereocenters. The van der Waals surface area contributed by atoms with Gasteiger partial charge in [0.2, 0.25) is 0 Å². The van der Waals surface area contributed by atoms with E-state index in [1.165, 1.54) is 16.0 Å². The van der Waals surface area contributed by atoms with Crippen molar-refractivity contribution in [2.75, 3.05) is 12.3 Å². The molecule has 2 aromatic carbocycles. The second kappa shape index (κ2) is 7.62. The molecule has 1 unspecified atom stereocenters. The molecule has 0 aliphatic rings. The van der Waals surface area contributed by atoms with E-state index in [-0.39, 0.29) is 11.9 Å². The topological polar surface area (TPSA) is 12.0 Å². The van der Waals surface area contributed by atoms with Crippen molar-refractivity contribution in [2.24, 2.45) is 0 Å². The van der Waals surface area contributed by atoms with Crippen LogP contribution in [0.3, 0.4) is 0 Å². The van der Waals surface area contributed by atoms with Crippen LogP contribution < -0.4 is 5.32 Å². The molecule has 0 heterocycles. The molecule has 0 aliphatic carbocycles. The highest BCUT2D eigenvalue weighted by Crippen LogP contribution is 2.27. The van der Waals surface area contributed by atoms with E-state index >= 15 is 0 Å². The Morgan fingerprint density at radius 1 is 1.14 bits per heavy atom. The molecule has 0 spiro atoms. The Morgan fingerprint density at radius 3 is 2.62 bits per heavy atom. The van der Waals surface area contributed by atoms with Crippen molar-refractivity contribution in [1.82, 2.24) is 5.32 Å². The minimum atomic E-state index is -0.169. The number of thioether (sulfide) groups is 1. The lowest BCUT2D eigenvalue weighted by atomic mass is 10.0. The van der Waals surface area contributed by atoms with Gasteiger partial charge in [-0.1, -0.05) is 30.7 Å². The van der Waals surface area contributed by atoms with Crippen molar-refractivity contribution < 1.29 is 4.39 Å². The zero-order chi connectivity index (χ0) is 15.2. The van der Waals surface area contributed by atoms with E-state index in [0.29, 0.717) is 0 Å². The van der Waals surface area contributed by atoms with Crippen LogP contribution in [0.1, 0.15) is 29.7 Å². The molecule has 0 amide bonds. The fourth-order valence-electron chi connectivity index (χ4n) is 2.42. The lowest BCUT2D eigenvalue weighted by molar-refractivity contribution is 0.594. The molecule has 0 saturated heterocycles. The maximum atomic E-state index is 13.3. The molecule has 3 heteroatoms.